The van der Waals surface area contributed by atoms with Gasteiger partial charge in [-0.1, -0.05) is 13.8 Å². The van der Waals surface area contributed by atoms with Gasteiger partial charge in [0.2, 0.25) is 10.0 Å². The van der Waals surface area contributed by atoms with Gasteiger partial charge >= 0.3 is 0 Å². The molecule has 0 unspecified atom stereocenters. The minimum atomic E-state index is -3.35. The number of nitrogens with zero attached hydrogens (tertiary/aromatic N) is 1. The first-order chi connectivity index (χ1) is 7.90. The van der Waals surface area contributed by atoms with Crippen molar-refractivity contribution in [2.45, 2.75) is 44.8 Å². The molecule has 0 bridgehead atoms. The van der Waals surface area contributed by atoms with Gasteiger partial charge in [0.05, 0.1) is 4.90 Å². The van der Waals surface area contributed by atoms with E-state index >= 15 is 0 Å². The molecule has 0 saturated heterocycles. The van der Waals surface area contributed by atoms with E-state index in [-0.39, 0.29) is 0 Å². The standard InChI is InChI=1S/C11H21N3O2S/c1-5-14-8-11(17(15,16)12-4)6-10(14)7-13-9(2)3/h6,8-9,12-13H,5,7H2,1-4H3. The lowest BCUT2D eigenvalue weighted by molar-refractivity contribution is 0.561. The van der Waals surface area contributed by atoms with Gasteiger partial charge in [0.15, 0.2) is 0 Å². The average molecular weight is 259 g/mol. The van der Waals surface area contributed by atoms with Crippen LogP contribution in [0.15, 0.2) is 17.2 Å². The molecule has 17 heavy (non-hydrogen) atoms. The first-order valence-electron chi connectivity index (χ1n) is 5.76. The van der Waals surface area contributed by atoms with E-state index in [1.54, 1.807) is 12.3 Å². The van der Waals surface area contributed by atoms with Gasteiger partial charge in [-0.25, -0.2) is 13.1 Å². The third kappa shape index (κ3) is 3.55. The quantitative estimate of drug-likeness (QED) is 0.798. The molecule has 6 heteroatoms. The van der Waals surface area contributed by atoms with E-state index in [0.29, 0.717) is 17.5 Å². The fourth-order valence-corrected chi connectivity index (χ4v) is 2.33. The molecule has 0 spiro atoms. The summed E-state index contributed by atoms with van der Waals surface area (Å²) >= 11 is 0. The predicted octanol–water partition coefficient (Wildman–Crippen LogP) is 0.914. The van der Waals surface area contributed by atoms with E-state index in [0.717, 1.165) is 12.2 Å². The lowest BCUT2D eigenvalue weighted by Gasteiger charge is -2.09. The van der Waals surface area contributed by atoms with Crippen LogP contribution in [-0.4, -0.2) is 26.1 Å². The molecule has 1 heterocycles. The Morgan fingerprint density at radius 2 is 2.06 bits per heavy atom. The molecule has 0 amide bonds. The second-order valence-electron chi connectivity index (χ2n) is 4.20. The molecule has 5 nitrogen and oxygen atoms in total. The van der Waals surface area contributed by atoms with Crippen molar-refractivity contribution in [2.75, 3.05) is 7.05 Å². The molecule has 1 aromatic heterocycles. The van der Waals surface area contributed by atoms with Gasteiger partial charge in [-0.05, 0) is 20.0 Å². The van der Waals surface area contributed by atoms with Crippen LogP contribution in [0.1, 0.15) is 26.5 Å². The minimum absolute atomic E-state index is 0.322. The van der Waals surface area contributed by atoms with Crippen LogP contribution in [0.25, 0.3) is 0 Å². The molecular formula is C11H21N3O2S. The number of sulfonamides is 1. The fourth-order valence-electron chi connectivity index (χ4n) is 1.54. The molecule has 0 aliphatic heterocycles. The van der Waals surface area contributed by atoms with Crippen LogP contribution in [0.3, 0.4) is 0 Å². The normalized spacial score (nSPS) is 12.3. The Morgan fingerprint density at radius 1 is 1.41 bits per heavy atom. The second-order valence-corrected chi connectivity index (χ2v) is 6.08. The Balaban J connectivity index is 2.99. The van der Waals surface area contributed by atoms with E-state index in [9.17, 15) is 8.42 Å². The van der Waals surface area contributed by atoms with E-state index in [1.807, 2.05) is 11.5 Å². The highest BCUT2D eigenvalue weighted by Crippen LogP contribution is 2.14. The SMILES string of the molecule is CCn1cc(S(=O)(=O)NC)cc1CNC(C)C. The molecule has 0 atom stereocenters. The molecular weight excluding hydrogens is 238 g/mol. The van der Waals surface area contributed by atoms with Gasteiger partial charge in [-0.2, -0.15) is 0 Å². The van der Waals surface area contributed by atoms with Gasteiger partial charge < -0.3 is 9.88 Å². The van der Waals surface area contributed by atoms with Crippen LogP contribution < -0.4 is 10.0 Å². The number of nitrogens with one attached hydrogen (secondary N) is 2. The van der Waals surface area contributed by atoms with E-state index in [4.69, 9.17) is 0 Å². The Bertz CT molecular complexity index is 463. The van der Waals surface area contributed by atoms with Gasteiger partial charge in [-0.15, -0.1) is 0 Å². The highest BCUT2D eigenvalue weighted by atomic mass is 32.2. The summed E-state index contributed by atoms with van der Waals surface area (Å²) in [5.41, 5.74) is 0.982. The molecule has 1 aromatic rings. The van der Waals surface area contributed by atoms with Crippen LogP contribution in [0.2, 0.25) is 0 Å². The first-order valence-corrected chi connectivity index (χ1v) is 7.25. The predicted molar refractivity (Wildman–Crippen MR) is 68.3 cm³/mol. The zero-order valence-electron chi connectivity index (χ0n) is 10.8. The number of rotatable bonds is 6. The zero-order valence-corrected chi connectivity index (χ0v) is 11.6. The third-order valence-electron chi connectivity index (χ3n) is 2.57. The van der Waals surface area contributed by atoms with Crippen molar-refractivity contribution in [2.24, 2.45) is 0 Å². The number of aromatic nitrogens is 1. The summed E-state index contributed by atoms with van der Waals surface area (Å²) in [5, 5.41) is 3.28. The van der Waals surface area contributed by atoms with Crippen LogP contribution in [0, 0.1) is 0 Å². The van der Waals surface area contributed by atoms with Crippen molar-refractivity contribution in [1.29, 1.82) is 0 Å². The molecule has 2 N–H and O–H groups in total. The number of aryl methyl sites for hydroxylation is 1. The molecule has 0 aromatic carbocycles. The van der Waals surface area contributed by atoms with Crippen molar-refractivity contribution in [3.63, 3.8) is 0 Å². The van der Waals surface area contributed by atoms with E-state index < -0.39 is 10.0 Å². The van der Waals surface area contributed by atoms with Gasteiger partial charge in [0.25, 0.3) is 0 Å². The Kier molecular flexibility index (Phi) is 4.73. The molecule has 1 rings (SSSR count). The van der Waals surface area contributed by atoms with Crippen molar-refractivity contribution in [3.05, 3.63) is 18.0 Å². The molecule has 98 valence electrons. The number of hydrogen-bond donors (Lipinski definition) is 2. The highest BCUT2D eigenvalue weighted by molar-refractivity contribution is 7.89. The molecule has 0 fully saturated rings. The van der Waals surface area contributed by atoms with Crippen LogP contribution in [-0.2, 0) is 23.1 Å². The summed E-state index contributed by atoms with van der Waals surface area (Å²) in [6.07, 6.45) is 1.67. The summed E-state index contributed by atoms with van der Waals surface area (Å²) in [7, 11) is -1.93. The summed E-state index contributed by atoms with van der Waals surface area (Å²) in [5.74, 6) is 0. The average Bonchev–Trinajstić information content (AvgIpc) is 2.70. The van der Waals surface area contributed by atoms with Gasteiger partial charge in [0.1, 0.15) is 0 Å². The largest absolute Gasteiger partial charge is 0.349 e. The number of hydrogen-bond acceptors (Lipinski definition) is 3. The minimum Gasteiger partial charge on any atom is -0.349 e. The highest BCUT2D eigenvalue weighted by Gasteiger charge is 2.15. The van der Waals surface area contributed by atoms with Crippen molar-refractivity contribution < 1.29 is 8.42 Å². The van der Waals surface area contributed by atoms with Crippen molar-refractivity contribution >= 4 is 10.0 Å². The molecule has 0 radical (unpaired) electrons. The van der Waals surface area contributed by atoms with Crippen molar-refractivity contribution in [3.8, 4) is 0 Å². The topological polar surface area (TPSA) is 63.1 Å². The summed E-state index contributed by atoms with van der Waals surface area (Å²) < 4.78 is 27.6. The van der Waals surface area contributed by atoms with Crippen molar-refractivity contribution in [1.82, 2.24) is 14.6 Å². The molecule has 0 saturated carbocycles. The maximum Gasteiger partial charge on any atom is 0.241 e. The van der Waals surface area contributed by atoms with Crippen LogP contribution in [0.5, 0.6) is 0 Å². The fraction of sp³-hybridized carbons (Fsp3) is 0.636. The lowest BCUT2D eigenvalue weighted by atomic mass is 10.3. The third-order valence-corrected chi connectivity index (χ3v) is 3.95. The molecule has 0 aliphatic rings. The first kappa shape index (κ1) is 14.2. The summed E-state index contributed by atoms with van der Waals surface area (Å²) in [6, 6.07) is 2.09. The maximum absolute atomic E-state index is 11.7. The zero-order chi connectivity index (χ0) is 13.1. The monoisotopic (exact) mass is 259 g/mol. The molecule has 0 aliphatic carbocycles. The van der Waals surface area contributed by atoms with Gasteiger partial charge in [0, 0.05) is 31.0 Å². The smallest absolute Gasteiger partial charge is 0.241 e. The lowest BCUT2D eigenvalue weighted by Crippen LogP contribution is -2.23. The summed E-state index contributed by atoms with van der Waals surface area (Å²) in [6.45, 7) is 7.54. The van der Waals surface area contributed by atoms with Gasteiger partial charge in [-0.3, -0.25) is 0 Å². The maximum atomic E-state index is 11.7. The van der Waals surface area contributed by atoms with E-state index in [2.05, 4.69) is 23.9 Å². The Labute approximate surface area is 103 Å². The van der Waals surface area contributed by atoms with E-state index in [1.165, 1.54) is 7.05 Å². The second kappa shape index (κ2) is 5.66. The van der Waals surface area contributed by atoms with Crippen LogP contribution >= 0.6 is 0 Å². The Morgan fingerprint density at radius 3 is 2.53 bits per heavy atom. The summed E-state index contributed by atoms with van der Waals surface area (Å²) in [4.78, 5) is 0.322. The Hall–Kier alpha value is -0.850. The van der Waals surface area contributed by atoms with Crippen LogP contribution in [0.4, 0.5) is 0 Å².